The highest BCUT2D eigenvalue weighted by Gasteiger charge is 2.52. The molecule has 1 fully saturated rings. The largest absolute Gasteiger partial charge is 0.480 e. The van der Waals surface area contributed by atoms with E-state index >= 15 is 0 Å². The molecule has 16 heavy (non-hydrogen) atoms. The van der Waals surface area contributed by atoms with Gasteiger partial charge in [0.05, 0.1) is 0 Å². The van der Waals surface area contributed by atoms with E-state index in [1.165, 1.54) is 0 Å². The van der Waals surface area contributed by atoms with Crippen molar-refractivity contribution >= 4 is 21.9 Å². The number of nitrogens with two attached hydrogens (primary N) is 1. The zero-order chi connectivity index (χ0) is 11.9. The summed E-state index contributed by atoms with van der Waals surface area (Å²) in [5.74, 6) is -0.922. The first-order chi connectivity index (χ1) is 7.47. The molecule has 1 unspecified atom stereocenters. The number of aliphatic carboxylic acids is 1. The maximum Gasteiger partial charge on any atom is 0.321 e. The van der Waals surface area contributed by atoms with E-state index in [-0.39, 0.29) is 5.41 Å². The van der Waals surface area contributed by atoms with Gasteiger partial charge in [-0.25, -0.2) is 0 Å². The van der Waals surface area contributed by atoms with Crippen molar-refractivity contribution in [2.24, 2.45) is 5.73 Å². The molecule has 3 nitrogen and oxygen atoms in total. The number of hydrogen-bond acceptors (Lipinski definition) is 2. The molecule has 0 aliphatic heterocycles. The van der Waals surface area contributed by atoms with Crippen molar-refractivity contribution in [1.82, 2.24) is 0 Å². The van der Waals surface area contributed by atoms with Crippen LogP contribution in [-0.4, -0.2) is 17.1 Å². The lowest BCUT2D eigenvalue weighted by molar-refractivity contribution is -0.139. The van der Waals surface area contributed by atoms with Gasteiger partial charge in [-0.2, -0.15) is 0 Å². The minimum atomic E-state index is -0.922. The molecule has 4 heteroatoms. The third-order valence-corrected chi connectivity index (χ3v) is 4.25. The number of rotatable bonds is 3. The summed E-state index contributed by atoms with van der Waals surface area (Å²) in [5, 5.41) is 9.01. The van der Waals surface area contributed by atoms with E-state index in [1.807, 2.05) is 25.1 Å². The molecule has 0 bridgehead atoms. The first-order valence-electron chi connectivity index (χ1n) is 5.22. The number of hydrogen-bond donors (Lipinski definition) is 2. The van der Waals surface area contributed by atoms with Crippen molar-refractivity contribution in [2.45, 2.75) is 31.2 Å². The maximum absolute atomic E-state index is 11.0. The predicted molar refractivity (Wildman–Crippen MR) is 65.4 cm³/mol. The van der Waals surface area contributed by atoms with Crippen LogP contribution in [0.5, 0.6) is 0 Å². The standard InChI is InChI=1S/C12H14BrNO2/c1-7-2-3-8(6-9(7)13)12(4-5-12)10(14)11(15)16/h2-3,6,10H,4-5,14H2,1H3,(H,15,16). The minimum absolute atomic E-state index is 0.345. The highest BCUT2D eigenvalue weighted by molar-refractivity contribution is 9.10. The molecule has 0 saturated heterocycles. The van der Waals surface area contributed by atoms with Gasteiger partial charge in [-0.3, -0.25) is 4.79 Å². The second-order valence-electron chi connectivity index (χ2n) is 4.44. The Labute approximate surface area is 103 Å². The first kappa shape index (κ1) is 11.6. The number of benzene rings is 1. The molecule has 1 saturated carbocycles. The van der Waals surface area contributed by atoms with Gasteiger partial charge in [0.1, 0.15) is 6.04 Å². The van der Waals surface area contributed by atoms with Gasteiger partial charge in [0.25, 0.3) is 0 Å². The Balaban J connectivity index is 2.37. The Bertz CT molecular complexity index is 441. The van der Waals surface area contributed by atoms with Crippen molar-refractivity contribution in [3.8, 4) is 0 Å². The van der Waals surface area contributed by atoms with E-state index in [2.05, 4.69) is 15.9 Å². The van der Waals surface area contributed by atoms with Crippen molar-refractivity contribution in [1.29, 1.82) is 0 Å². The van der Waals surface area contributed by atoms with Crippen molar-refractivity contribution in [3.05, 3.63) is 33.8 Å². The molecule has 1 aliphatic carbocycles. The molecule has 1 aromatic rings. The Morgan fingerprint density at radius 1 is 1.56 bits per heavy atom. The van der Waals surface area contributed by atoms with Crippen LogP contribution in [0.25, 0.3) is 0 Å². The Morgan fingerprint density at radius 3 is 2.62 bits per heavy atom. The molecule has 0 amide bonds. The number of aryl methyl sites for hydroxylation is 1. The van der Waals surface area contributed by atoms with Crippen LogP contribution in [0.3, 0.4) is 0 Å². The third-order valence-electron chi connectivity index (χ3n) is 3.40. The van der Waals surface area contributed by atoms with E-state index in [0.717, 1.165) is 28.4 Å². The van der Waals surface area contributed by atoms with Gasteiger partial charge in [0.15, 0.2) is 0 Å². The fourth-order valence-electron chi connectivity index (χ4n) is 2.05. The molecule has 3 N–H and O–H groups in total. The van der Waals surface area contributed by atoms with E-state index in [4.69, 9.17) is 10.8 Å². The molecule has 1 aliphatic rings. The highest BCUT2D eigenvalue weighted by atomic mass is 79.9. The predicted octanol–water partition coefficient (Wildman–Crippen LogP) is 2.20. The van der Waals surface area contributed by atoms with Crippen LogP contribution in [0, 0.1) is 6.92 Å². The maximum atomic E-state index is 11.0. The van der Waals surface area contributed by atoms with Crippen LogP contribution in [0.1, 0.15) is 24.0 Å². The molecule has 2 rings (SSSR count). The molecule has 0 aromatic heterocycles. The second kappa shape index (κ2) is 3.86. The lowest BCUT2D eigenvalue weighted by atomic mass is 9.88. The Kier molecular flexibility index (Phi) is 2.80. The van der Waals surface area contributed by atoms with Gasteiger partial charge in [-0.15, -0.1) is 0 Å². The molecule has 0 radical (unpaired) electrons. The molecule has 1 atom stereocenters. The summed E-state index contributed by atoms with van der Waals surface area (Å²) in [6, 6.07) is 5.16. The summed E-state index contributed by atoms with van der Waals surface area (Å²) in [6.45, 7) is 2.00. The van der Waals surface area contributed by atoms with Gasteiger partial charge in [-0.1, -0.05) is 28.1 Å². The first-order valence-corrected chi connectivity index (χ1v) is 6.02. The fraction of sp³-hybridized carbons (Fsp3) is 0.417. The molecule has 0 heterocycles. The average molecular weight is 284 g/mol. The number of halogens is 1. The highest BCUT2D eigenvalue weighted by Crippen LogP contribution is 2.51. The summed E-state index contributed by atoms with van der Waals surface area (Å²) >= 11 is 3.46. The lowest BCUT2D eigenvalue weighted by Crippen LogP contribution is -2.41. The summed E-state index contributed by atoms with van der Waals surface area (Å²) in [4.78, 5) is 11.0. The van der Waals surface area contributed by atoms with Crippen molar-refractivity contribution in [2.75, 3.05) is 0 Å². The quantitative estimate of drug-likeness (QED) is 0.894. The molecular formula is C12H14BrNO2. The topological polar surface area (TPSA) is 63.3 Å². The van der Waals surface area contributed by atoms with E-state index in [9.17, 15) is 4.79 Å². The summed E-state index contributed by atoms with van der Waals surface area (Å²) < 4.78 is 1.01. The van der Waals surface area contributed by atoms with Gasteiger partial charge in [0, 0.05) is 9.89 Å². The van der Waals surface area contributed by atoms with Gasteiger partial charge in [0.2, 0.25) is 0 Å². The van der Waals surface area contributed by atoms with E-state index in [0.29, 0.717) is 0 Å². The van der Waals surface area contributed by atoms with Crippen LogP contribution < -0.4 is 5.73 Å². The zero-order valence-electron chi connectivity index (χ0n) is 9.03. The Hall–Kier alpha value is -0.870. The molecule has 1 aromatic carbocycles. The minimum Gasteiger partial charge on any atom is -0.480 e. The van der Waals surface area contributed by atoms with Crippen molar-refractivity contribution < 1.29 is 9.90 Å². The SMILES string of the molecule is Cc1ccc(C2(C(N)C(=O)O)CC2)cc1Br. The van der Waals surface area contributed by atoms with Gasteiger partial charge >= 0.3 is 5.97 Å². The van der Waals surface area contributed by atoms with E-state index < -0.39 is 12.0 Å². The Morgan fingerprint density at radius 2 is 2.19 bits per heavy atom. The van der Waals surface area contributed by atoms with Crippen LogP contribution in [0.15, 0.2) is 22.7 Å². The van der Waals surface area contributed by atoms with Gasteiger partial charge < -0.3 is 10.8 Å². The monoisotopic (exact) mass is 283 g/mol. The van der Waals surface area contributed by atoms with Gasteiger partial charge in [-0.05, 0) is 37.0 Å². The lowest BCUT2D eigenvalue weighted by Gasteiger charge is -2.20. The van der Waals surface area contributed by atoms with Crippen molar-refractivity contribution in [3.63, 3.8) is 0 Å². The smallest absolute Gasteiger partial charge is 0.321 e. The summed E-state index contributed by atoms with van der Waals surface area (Å²) in [5.41, 5.74) is 7.59. The zero-order valence-corrected chi connectivity index (χ0v) is 10.6. The fourth-order valence-corrected chi connectivity index (χ4v) is 2.43. The molecule has 0 spiro atoms. The number of carbonyl (C=O) groups is 1. The van der Waals surface area contributed by atoms with Crippen LogP contribution in [0.4, 0.5) is 0 Å². The third kappa shape index (κ3) is 1.76. The molecule has 86 valence electrons. The second-order valence-corrected chi connectivity index (χ2v) is 5.29. The summed E-state index contributed by atoms with van der Waals surface area (Å²) in [7, 11) is 0. The number of carboxylic acid groups (broad SMARTS) is 1. The summed E-state index contributed by atoms with van der Waals surface area (Å²) in [6.07, 6.45) is 1.71. The van der Waals surface area contributed by atoms with Crippen LogP contribution in [0.2, 0.25) is 0 Å². The van der Waals surface area contributed by atoms with E-state index in [1.54, 1.807) is 0 Å². The normalized spacial score (nSPS) is 19.2. The average Bonchev–Trinajstić information content (AvgIpc) is 3.02. The number of carboxylic acids is 1. The molecular weight excluding hydrogens is 270 g/mol. The van der Waals surface area contributed by atoms with Crippen LogP contribution in [-0.2, 0) is 10.2 Å². The van der Waals surface area contributed by atoms with Crippen LogP contribution >= 0.6 is 15.9 Å².